The number of benzene rings is 1. The molecule has 1 aromatic rings. The van der Waals surface area contributed by atoms with Crippen molar-refractivity contribution in [1.29, 1.82) is 5.26 Å². The zero-order valence-corrected chi connectivity index (χ0v) is 23.0. The number of alkyl halides is 2. The minimum atomic E-state index is -3.11. The van der Waals surface area contributed by atoms with Gasteiger partial charge in [0.25, 0.3) is 5.92 Å². The maximum atomic E-state index is 15.1. The number of nitriles is 1. The number of fused-ring (bicyclic) bond motifs is 3. The van der Waals surface area contributed by atoms with Crippen LogP contribution in [0, 0.1) is 29.1 Å². The molecule has 3 heterocycles. The van der Waals surface area contributed by atoms with Crippen LogP contribution in [0.25, 0.3) is 0 Å². The summed E-state index contributed by atoms with van der Waals surface area (Å²) in [5.74, 6) is -6.18. The molecule has 1 aromatic carbocycles. The van der Waals surface area contributed by atoms with Gasteiger partial charge in [0.05, 0.1) is 12.0 Å². The number of piperidine rings is 3. The minimum Gasteiger partial charge on any atom is -0.374 e. The second-order valence-electron chi connectivity index (χ2n) is 11.4. The van der Waals surface area contributed by atoms with Crippen LogP contribution < -0.4 is 16.0 Å². The van der Waals surface area contributed by atoms with E-state index >= 15 is 8.78 Å². The van der Waals surface area contributed by atoms with Gasteiger partial charge in [-0.2, -0.15) is 5.26 Å². The molecule has 1 saturated carbocycles. The maximum absolute atomic E-state index is 15.1. The summed E-state index contributed by atoms with van der Waals surface area (Å²) in [5.41, 5.74) is 0.616. The normalized spacial score (nSPS) is 27.3. The van der Waals surface area contributed by atoms with Gasteiger partial charge >= 0.3 is 0 Å². The zero-order valence-electron chi connectivity index (χ0n) is 22.3. The summed E-state index contributed by atoms with van der Waals surface area (Å²) in [6.45, 7) is 4.48. The van der Waals surface area contributed by atoms with Crippen LogP contribution in [0.15, 0.2) is 24.3 Å². The van der Waals surface area contributed by atoms with E-state index in [0.717, 1.165) is 6.42 Å². The third-order valence-corrected chi connectivity index (χ3v) is 8.26. The zero-order chi connectivity index (χ0) is 28.3. The van der Waals surface area contributed by atoms with Crippen LogP contribution in [-0.4, -0.2) is 59.3 Å². The molecule has 3 saturated heterocycles. The molecule has 5 rings (SSSR count). The van der Waals surface area contributed by atoms with E-state index in [1.165, 1.54) is 4.90 Å². The van der Waals surface area contributed by atoms with Crippen molar-refractivity contribution in [1.82, 2.24) is 15.5 Å². The molecule has 4 fully saturated rings. The van der Waals surface area contributed by atoms with Gasteiger partial charge in [-0.25, -0.2) is 8.78 Å². The monoisotopic (exact) mass is 563 g/mol. The van der Waals surface area contributed by atoms with E-state index in [-0.39, 0.29) is 24.7 Å². The number of hydrogen-bond donors (Lipinski definition) is 3. The Kier molecular flexibility index (Phi) is 9.00. The smallest absolute Gasteiger partial charge is 0.255 e. The molecule has 3 amide bonds. The molecule has 39 heavy (non-hydrogen) atoms. The van der Waals surface area contributed by atoms with Crippen molar-refractivity contribution in [3.63, 3.8) is 0 Å². The Bertz CT molecular complexity index is 1130. The summed E-state index contributed by atoms with van der Waals surface area (Å²) in [6, 6.07) is 4.91. The summed E-state index contributed by atoms with van der Waals surface area (Å²) in [7, 11) is 0. The Labute approximate surface area is 232 Å². The molecule has 8 nitrogen and oxygen atoms in total. The highest BCUT2D eigenvalue weighted by Gasteiger charge is 2.61. The molecule has 0 spiro atoms. The van der Waals surface area contributed by atoms with Gasteiger partial charge in [-0.05, 0) is 62.6 Å². The molecular weight excluding hydrogens is 528 g/mol. The topological polar surface area (TPSA) is 114 Å². The summed E-state index contributed by atoms with van der Waals surface area (Å²) in [6.07, 6.45) is 1.85. The number of anilines is 1. The third-order valence-electron chi connectivity index (χ3n) is 8.02. The maximum Gasteiger partial charge on any atom is 0.255 e. The van der Waals surface area contributed by atoms with Crippen LogP contribution in [0.2, 0.25) is 5.02 Å². The van der Waals surface area contributed by atoms with Gasteiger partial charge in [0.15, 0.2) is 0 Å². The van der Waals surface area contributed by atoms with Gasteiger partial charge in [0.1, 0.15) is 18.1 Å². The highest BCUT2D eigenvalue weighted by atomic mass is 35.5. The highest BCUT2D eigenvalue weighted by Crippen LogP contribution is 2.49. The van der Waals surface area contributed by atoms with Gasteiger partial charge in [-0.1, -0.05) is 31.5 Å². The molecule has 0 unspecified atom stereocenters. The van der Waals surface area contributed by atoms with E-state index in [2.05, 4.69) is 16.0 Å². The van der Waals surface area contributed by atoms with Crippen LogP contribution in [-0.2, 0) is 14.4 Å². The molecule has 3 aliphatic heterocycles. The molecule has 3 N–H and O–H groups in total. The van der Waals surface area contributed by atoms with Crippen LogP contribution in [0.4, 0.5) is 14.5 Å². The number of hydrogen-bond acceptors (Lipinski definition) is 5. The van der Waals surface area contributed by atoms with Crippen molar-refractivity contribution >= 4 is 35.0 Å². The average Bonchev–Trinajstić information content (AvgIpc) is 2.87. The molecule has 0 aromatic heterocycles. The Balaban J connectivity index is 1.58. The van der Waals surface area contributed by atoms with Crippen molar-refractivity contribution < 1.29 is 23.2 Å². The Morgan fingerprint density at radius 3 is 2.69 bits per heavy atom. The summed E-state index contributed by atoms with van der Waals surface area (Å²) < 4.78 is 30.3. The third kappa shape index (κ3) is 6.63. The van der Waals surface area contributed by atoms with E-state index in [1.54, 1.807) is 24.3 Å². The van der Waals surface area contributed by atoms with Crippen molar-refractivity contribution in [3.05, 3.63) is 29.3 Å². The van der Waals surface area contributed by atoms with Crippen LogP contribution in [0.1, 0.15) is 58.8 Å². The standard InChI is InChI=1S/C28H36ClF2N5O3/c1-16(2)11-23(34-19-7-3-6-18(29)13-19)27(39)36-21-8-9-22(28(30,31)14-21)24(36)26(38)35-20(15-32)12-17-5-4-10-33-25(17)37/h3,6-7,13,16-17,20-24,34H,4-5,8-12,14H2,1-2H3,(H,33,37)(H,35,38)/t17-,20+,21-,22-,23-,24+/m0/s1. The largest absolute Gasteiger partial charge is 0.374 e. The van der Waals surface area contributed by atoms with Gasteiger partial charge in [0.2, 0.25) is 17.7 Å². The number of halogens is 3. The van der Waals surface area contributed by atoms with Gasteiger partial charge in [-0.15, -0.1) is 0 Å². The Morgan fingerprint density at radius 2 is 2.05 bits per heavy atom. The lowest BCUT2D eigenvalue weighted by Crippen LogP contribution is -2.70. The number of nitrogens with zero attached hydrogens (tertiary/aromatic N) is 2. The Hall–Kier alpha value is -2.93. The fourth-order valence-electron chi connectivity index (χ4n) is 6.22. The van der Waals surface area contributed by atoms with Gasteiger partial charge in [-0.3, -0.25) is 14.4 Å². The van der Waals surface area contributed by atoms with Crippen molar-refractivity contribution in [2.75, 3.05) is 11.9 Å². The predicted molar refractivity (Wildman–Crippen MR) is 143 cm³/mol. The first-order valence-electron chi connectivity index (χ1n) is 13.7. The number of nitrogens with one attached hydrogen (secondary N) is 3. The highest BCUT2D eigenvalue weighted by molar-refractivity contribution is 6.30. The second-order valence-corrected chi connectivity index (χ2v) is 11.8. The molecule has 4 aliphatic rings. The fourth-order valence-corrected chi connectivity index (χ4v) is 6.41. The fraction of sp³-hybridized carbons (Fsp3) is 0.643. The number of rotatable bonds is 9. The molecule has 212 valence electrons. The molecule has 0 radical (unpaired) electrons. The van der Waals surface area contributed by atoms with Crippen LogP contribution in [0.3, 0.4) is 0 Å². The first-order chi connectivity index (χ1) is 18.5. The lowest BCUT2D eigenvalue weighted by molar-refractivity contribution is -0.194. The lowest BCUT2D eigenvalue weighted by atomic mass is 9.71. The molecular formula is C28H36ClF2N5O3. The first kappa shape index (κ1) is 29.1. The average molecular weight is 564 g/mol. The van der Waals surface area contributed by atoms with E-state index in [9.17, 15) is 19.6 Å². The van der Waals surface area contributed by atoms with E-state index in [0.29, 0.717) is 36.5 Å². The number of carbonyl (C=O) groups excluding carboxylic acids is 3. The minimum absolute atomic E-state index is 0.0888. The molecule has 2 bridgehead atoms. The summed E-state index contributed by atoms with van der Waals surface area (Å²) in [5, 5.41) is 18.8. The first-order valence-corrected chi connectivity index (χ1v) is 14.1. The quantitative estimate of drug-likeness (QED) is 0.418. The second kappa shape index (κ2) is 12.1. The van der Waals surface area contributed by atoms with E-state index in [1.807, 2.05) is 19.9 Å². The van der Waals surface area contributed by atoms with E-state index < -0.39 is 60.2 Å². The summed E-state index contributed by atoms with van der Waals surface area (Å²) >= 11 is 6.13. The molecule has 1 aliphatic carbocycles. The summed E-state index contributed by atoms with van der Waals surface area (Å²) in [4.78, 5) is 41.2. The van der Waals surface area contributed by atoms with Crippen LogP contribution in [0.5, 0.6) is 0 Å². The van der Waals surface area contributed by atoms with Crippen molar-refractivity contribution in [2.45, 2.75) is 88.9 Å². The SMILES string of the molecule is CC(C)C[C@H](Nc1cccc(Cl)c1)C(=O)N1[C@H]2CC[C@@H]([C@@H]1C(=O)N[C@@H](C#N)C[C@@H]1CCCNC1=O)C(F)(F)C2. The number of carbonyl (C=O) groups is 3. The van der Waals surface area contributed by atoms with Gasteiger partial charge in [0, 0.05) is 35.6 Å². The molecule has 6 atom stereocenters. The number of amides is 3. The lowest BCUT2D eigenvalue weighted by Gasteiger charge is -2.54. The predicted octanol–water partition coefficient (Wildman–Crippen LogP) is 4.11. The Morgan fingerprint density at radius 1 is 1.28 bits per heavy atom. The van der Waals surface area contributed by atoms with Gasteiger partial charge < -0.3 is 20.9 Å². The van der Waals surface area contributed by atoms with Crippen molar-refractivity contribution in [2.24, 2.45) is 17.8 Å². The van der Waals surface area contributed by atoms with Crippen LogP contribution >= 0.6 is 11.6 Å². The molecule has 11 heteroatoms. The van der Waals surface area contributed by atoms with E-state index in [4.69, 9.17) is 11.6 Å². The van der Waals surface area contributed by atoms with Crippen molar-refractivity contribution in [3.8, 4) is 6.07 Å².